The lowest BCUT2D eigenvalue weighted by Crippen LogP contribution is -2.24. The molecule has 0 atom stereocenters. The number of hydrazone groups is 1. The lowest BCUT2D eigenvalue weighted by atomic mass is 10.2. The van der Waals surface area contributed by atoms with Crippen LogP contribution in [-0.2, 0) is 11.4 Å². The Morgan fingerprint density at radius 1 is 1.00 bits per heavy atom. The number of ether oxygens (including phenoxy) is 2. The van der Waals surface area contributed by atoms with Gasteiger partial charge in [-0.2, -0.15) is 5.10 Å². The second kappa shape index (κ2) is 10.4. The van der Waals surface area contributed by atoms with E-state index >= 15 is 0 Å². The molecule has 3 aromatic rings. The molecule has 3 rings (SSSR count). The third-order valence-electron chi connectivity index (χ3n) is 4.04. The second-order valence-corrected chi connectivity index (χ2v) is 7.22. The Morgan fingerprint density at radius 3 is 2.55 bits per heavy atom. The van der Waals surface area contributed by atoms with Gasteiger partial charge in [0.25, 0.3) is 5.91 Å². The zero-order chi connectivity index (χ0) is 20.5. The molecule has 0 aliphatic carbocycles. The number of nitrogens with zero attached hydrogens (tertiary/aromatic N) is 1. The van der Waals surface area contributed by atoms with Gasteiger partial charge in [-0.1, -0.05) is 58.4 Å². The van der Waals surface area contributed by atoms with E-state index in [2.05, 4.69) is 26.5 Å². The standard InChI is InChI=1S/C23H21BrN2O3/c1-17-13-20(24)11-12-21(17)29-16-23(27)26-25-14-19-9-5-6-10-22(19)28-15-18-7-3-2-4-8-18/h2-14H,15-16H2,1H3,(H,26,27). The molecule has 0 aliphatic heterocycles. The topological polar surface area (TPSA) is 59.9 Å². The summed E-state index contributed by atoms with van der Waals surface area (Å²) in [6, 6.07) is 23.0. The molecule has 0 heterocycles. The fourth-order valence-electron chi connectivity index (χ4n) is 2.58. The first kappa shape index (κ1) is 20.6. The quantitative estimate of drug-likeness (QED) is 0.391. The van der Waals surface area contributed by atoms with Crippen LogP contribution in [0.3, 0.4) is 0 Å². The summed E-state index contributed by atoms with van der Waals surface area (Å²) in [7, 11) is 0. The monoisotopic (exact) mass is 452 g/mol. The molecule has 0 fully saturated rings. The van der Waals surface area contributed by atoms with E-state index in [1.165, 1.54) is 0 Å². The van der Waals surface area contributed by atoms with Crippen LogP contribution in [0.4, 0.5) is 0 Å². The normalized spacial score (nSPS) is 10.7. The van der Waals surface area contributed by atoms with Crippen LogP contribution in [0.5, 0.6) is 11.5 Å². The molecule has 0 bridgehead atoms. The fraction of sp³-hybridized carbons (Fsp3) is 0.130. The SMILES string of the molecule is Cc1cc(Br)ccc1OCC(=O)NN=Cc1ccccc1OCc1ccccc1. The van der Waals surface area contributed by atoms with Gasteiger partial charge in [0.1, 0.15) is 18.1 Å². The van der Waals surface area contributed by atoms with Gasteiger partial charge in [0.15, 0.2) is 6.61 Å². The molecule has 0 radical (unpaired) electrons. The number of amides is 1. The highest BCUT2D eigenvalue weighted by molar-refractivity contribution is 9.10. The van der Waals surface area contributed by atoms with Crippen LogP contribution in [-0.4, -0.2) is 18.7 Å². The molecule has 148 valence electrons. The summed E-state index contributed by atoms with van der Waals surface area (Å²) in [6.07, 6.45) is 1.56. The zero-order valence-electron chi connectivity index (χ0n) is 16.0. The van der Waals surface area contributed by atoms with E-state index in [1.54, 1.807) is 6.21 Å². The van der Waals surface area contributed by atoms with E-state index < -0.39 is 0 Å². The van der Waals surface area contributed by atoms with Crippen molar-refractivity contribution in [1.29, 1.82) is 0 Å². The van der Waals surface area contributed by atoms with Crippen LogP contribution in [0, 0.1) is 6.92 Å². The number of aryl methyl sites for hydroxylation is 1. The van der Waals surface area contributed by atoms with Crippen LogP contribution in [0.1, 0.15) is 16.7 Å². The maximum atomic E-state index is 12.0. The largest absolute Gasteiger partial charge is 0.488 e. The van der Waals surface area contributed by atoms with Gasteiger partial charge < -0.3 is 9.47 Å². The molecule has 0 aliphatic rings. The first-order valence-corrected chi connectivity index (χ1v) is 9.88. The Balaban J connectivity index is 1.52. The van der Waals surface area contributed by atoms with Crippen molar-refractivity contribution < 1.29 is 14.3 Å². The maximum absolute atomic E-state index is 12.0. The van der Waals surface area contributed by atoms with Crippen molar-refractivity contribution in [2.45, 2.75) is 13.5 Å². The molecule has 29 heavy (non-hydrogen) atoms. The Labute approximate surface area is 178 Å². The number of nitrogens with one attached hydrogen (secondary N) is 1. The Bertz CT molecular complexity index is 990. The predicted octanol–water partition coefficient (Wildman–Crippen LogP) is 4.87. The number of para-hydroxylation sites is 1. The van der Waals surface area contributed by atoms with Crippen molar-refractivity contribution >= 4 is 28.1 Å². The van der Waals surface area contributed by atoms with E-state index in [0.717, 1.165) is 21.2 Å². The number of rotatable bonds is 8. The molecule has 0 saturated carbocycles. The molecule has 1 amide bonds. The molecule has 6 heteroatoms. The van der Waals surface area contributed by atoms with E-state index in [-0.39, 0.29) is 12.5 Å². The van der Waals surface area contributed by atoms with Gasteiger partial charge in [-0.15, -0.1) is 0 Å². The minimum Gasteiger partial charge on any atom is -0.488 e. The summed E-state index contributed by atoms with van der Waals surface area (Å²) in [4.78, 5) is 12.0. The summed E-state index contributed by atoms with van der Waals surface area (Å²) in [5, 5.41) is 4.01. The van der Waals surface area contributed by atoms with Crippen molar-refractivity contribution in [3.63, 3.8) is 0 Å². The van der Waals surface area contributed by atoms with Crippen molar-refractivity contribution in [3.8, 4) is 11.5 Å². The minimum absolute atomic E-state index is 0.119. The van der Waals surface area contributed by atoms with Gasteiger partial charge in [0.05, 0.1) is 6.21 Å². The zero-order valence-corrected chi connectivity index (χ0v) is 17.6. The summed E-state index contributed by atoms with van der Waals surface area (Å²) < 4.78 is 12.4. The van der Waals surface area contributed by atoms with Crippen molar-refractivity contribution in [3.05, 3.63) is 94.0 Å². The number of hydrogen-bond donors (Lipinski definition) is 1. The smallest absolute Gasteiger partial charge is 0.277 e. The highest BCUT2D eigenvalue weighted by atomic mass is 79.9. The Kier molecular flexibility index (Phi) is 7.41. The van der Waals surface area contributed by atoms with Crippen LogP contribution < -0.4 is 14.9 Å². The average molecular weight is 453 g/mol. The Hall–Kier alpha value is -3.12. The van der Waals surface area contributed by atoms with Crippen LogP contribution in [0.15, 0.2) is 82.4 Å². The predicted molar refractivity (Wildman–Crippen MR) is 117 cm³/mol. The average Bonchev–Trinajstić information content (AvgIpc) is 2.73. The van der Waals surface area contributed by atoms with E-state index in [0.29, 0.717) is 18.1 Å². The van der Waals surface area contributed by atoms with Gasteiger partial charge in [-0.05, 0) is 48.4 Å². The maximum Gasteiger partial charge on any atom is 0.277 e. The molecule has 0 saturated heterocycles. The number of hydrogen-bond acceptors (Lipinski definition) is 4. The molecule has 3 aromatic carbocycles. The summed E-state index contributed by atoms with van der Waals surface area (Å²) in [6.45, 7) is 2.26. The summed E-state index contributed by atoms with van der Waals surface area (Å²) in [5.74, 6) is 1.01. The highest BCUT2D eigenvalue weighted by Gasteiger charge is 2.05. The van der Waals surface area contributed by atoms with Crippen LogP contribution >= 0.6 is 15.9 Å². The van der Waals surface area contributed by atoms with Crippen molar-refractivity contribution in [2.75, 3.05) is 6.61 Å². The molecule has 5 nitrogen and oxygen atoms in total. The molecular weight excluding hydrogens is 432 g/mol. The number of carbonyl (C=O) groups is 1. The van der Waals surface area contributed by atoms with E-state index in [1.807, 2.05) is 79.7 Å². The molecular formula is C23H21BrN2O3. The highest BCUT2D eigenvalue weighted by Crippen LogP contribution is 2.22. The molecule has 0 aromatic heterocycles. The summed E-state index contributed by atoms with van der Waals surface area (Å²) in [5.41, 5.74) is 5.27. The lowest BCUT2D eigenvalue weighted by molar-refractivity contribution is -0.123. The van der Waals surface area contributed by atoms with Crippen molar-refractivity contribution in [1.82, 2.24) is 5.43 Å². The third kappa shape index (κ3) is 6.47. The summed E-state index contributed by atoms with van der Waals surface area (Å²) >= 11 is 3.40. The minimum atomic E-state index is -0.341. The molecule has 0 spiro atoms. The third-order valence-corrected chi connectivity index (χ3v) is 4.54. The molecule has 1 N–H and O–H groups in total. The van der Waals surface area contributed by atoms with Gasteiger partial charge in [-0.25, -0.2) is 5.43 Å². The van der Waals surface area contributed by atoms with Gasteiger partial charge in [0, 0.05) is 10.0 Å². The van der Waals surface area contributed by atoms with Crippen LogP contribution in [0.25, 0.3) is 0 Å². The van der Waals surface area contributed by atoms with Crippen molar-refractivity contribution in [2.24, 2.45) is 5.10 Å². The lowest BCUT2D eigenvalue weighted by Gasteiger charge is -2.09. The number of carbonyl (C=O) groups excluding carboxylic acids is 1. The van der Waals surface area contributed by atoms with Crippen LogP contribution in [0.2, 0.25) is 0 Å². The van der Waals surface area contributed by atoms with Gasteiger partial charge in [-0.3, -0.25) is 4.79 Å². The van der Waals surface area contributed by atoms with E-state index in [9.17, 15) is 4.79 Å². The first-order valence-electron chi connectivity index (χ1n) is 9.08. The van der Waals surface area contributed by atoms with E-state index in [4.69, 9.17) is 9.47 Å². The Morgan fingerprint density at radius 2 is 1.76 bits per heavy atom. The number of halogens is 1. The van der Waals surface area contributed by atoms with Gasteiger partial charge >= 0.3 is 0 Å². The fourth-order valence-corrected chi connectivity index (χ4v) is 3.05. The van der Waals surface area contributed by atoms with Gasteiger partial charge in [0.2, 0.25) is 0 Å². The first-order chi connectivity index (χ1) is 14.1. The number of benzene rings is 3. The molecule has 0 unspecified atom stereocenters. The second-order valence-electron chi connectivity index (χ2n) is 6.30.